The number of likely N-dealkylation sites (N-methyl/N-ethyl adjacent to an activating group) is 1. The quantitative estimate of drug-likeness (QED) is 0.840. The zero-order valence-corrected chi connectivity index (χ0v) is 14.4. The monoisotopic (exact) mass is 341 g/mol. The Morgan fingerprint density at radius 3 is 2.96 bits per heavy atom. The highest BCUT2D eigenvalue weighted by Gasteiger charge is 2.45. The third-order valence-corrected chi connectivity index (χ3v) is 5.23. The fourth-order valence-corrected chi connectivity index (χ4v) is 3.70. The van der Waals surface area contributed by atoms with E-state index in [0.29, 0.717) is 18.5 Å². The standard InChI is InChI=1S/C18H19N3O2S/c1-12(6-8-19)15-11-24-16(20-15)13-4-3-5-14(10-13)18(23)7-9-21(2)17(18)22/h3-6,8,10-11,19,23H,7,9H2,1-2H3/b12-6+,19-8?/t18-/m1/s1. The van der Waals surface area contributed by atoms with Crippen LogP contribution in [0, 0.1) is 5.41 Å². The van der Waals surface area contributed by atoms with Gasteiger partial charge in [-0.05, 0) is 30.2 Å². The van der Waals surface area contributed by atoms with Gasteiger partial charge in [0.1, 0.15) is 5.01 Å². The molecule has 0 spiro atoms. The first-order valence-electron chi connectivity index (χ1n) is 7.68. The zero-order chi connectivity index (χ0) is 17.3. The molecule has 0 aliphatic carbocycles. The van der Waals surface area contributed by atoms with E-state index in [9.17, 15) is 9.90 Å². The van der Waals surface area contributed by atoms with Gasteiger partial charge in [-0.2, -0.15) is 0 Å². The highest BCUT2D eigenvalue weighted by molar-refractivity contribution is 7.13. The Bertz CT molecular complexity index is 827. The van der Waals surface area contributed by atoms with E-state index < -0.39 is 5.60 Å². The second kappa shape index (κ2) is 6.30. The van der Waals surface area contributed by atoms with Gasteiger partial charge in [-0.1, -0.05) is 18.2 Å². The second-order valence-corrected chi connectivity index (χ2v) is 6.83. The third-order valence-electron chi connectivity index (χ3n) is 4.34. The van der Waals surface area contributed by atoms with Gasteiger partial charge in [0.2, 0.25) is 0 Å². The summed E-state index contributed by atoms with van der Waals surface area (Å²) in [6.07, 6.45) is 3.34. The van der Waals surface area contributed by atoms with Crippen LogP contribution in [0.4, 0.5) is 0 Å². The molecule has 3 rings (SSSR count). The fraction of sp³-hybridized carbons (Fsp3) is 0.278. The first-order chi connectivity index (χ1) is 11.5. The molecule has 1 atom stereocenters. The van der Waals surface area contributed by atoms with Crippen molar-refractivity contribution >= 4 is 29.0 Å². The minimum Gasteiger partial charge on any atom is -0.375 e. The Balaban J connectivity index is 1.96. The molecule has 124 valence electrons. The number of carbonyl (C=O) groups is 1. The molecule has 24 heavy (non-hydrogen) atoms. The van der Waals surface area contributed by atoms with E-state index in [1.807, 2.05) is 30.5 Å². The van der Waals surface area contributed by atoms with E-state index in [-0.39, 0.29) is 5.91 Å². The fourth-order valence-electron chi connectivity index (χ4n) is 2.83. The van der Waals surface area contributed by atoms with Crippen molar-refractivity contribution in [3.63, 3.8) is 0 Å². The average molecular weight is 341 g/mol. The van der Waals surface area contributed by atoms with Gasteiger partial charge in [0.05, 0.1) is 5.69 Å². The van der Waals surface area contributed by atoms with Crippen LogP contribution in [-0.4, -0.2) is 40.7 Å². The van der Waals surface area contributed by atoms with Crippen molar-refractivity contribution in [1.82, 2.24) is 9.88 Å². The zero-order valence-electron chi connectivity index (χ0n) is 13.6. The number of amides is 1. The molecule has 1 aromatic heterocycles. The Morgan fingerprint density at radius 2 is 2.29 bits per heavy atom. The minimum absolute atomic E-state index is 0.260. The number of aliphatic hydroxyl groups is 1. The maximum absolute atomic E-state index is 12.3. The van der Waals surface area contributed by atoms with Crippen molar-refractivity contribution in [2.45, 2.75) is 18.9 Å². The molecular formula is C18H19N3O2S. The molecule has 2 aromatic rings. The Hall–Kier alpha value is -2.31. The predicted octanol–water partition coefficient (Wildman–Crippen LogP) is 2.91. The summed E-state index contributed by atoms with van der Waals surface area (Å²) in [6.45, 7) is 2.46. The molecule has 1 aliphatic heterocycles. The Labute approximate surface area is 144 Å². The average Bonchev–Trinajstić information content (AvgIpc) is 3.18. The van der Waals surface area contributed by atoms with Crippen LogP contribution < -0.4 is 0 Å². The van der Waals surface area contributed by atoms with E-state index >= 15 is 0 Å². The van der Waals surface area contributed by atoms with E-state index in [1.165, 1.54) is 17.6 Å². The van der Waals surface area contributed by atoms with Crippen molar-refractivity contribution in [3.05, 3.63) is 47.0 Å². The molecule has 2 heterocycles. The van der Waals surface area contributed by atoms with Crippen LogP contribution in [0.1, 0.15) is 24.6 Å². The summed E-state index contributed by atoms with van der Waals surface area (Å²) < 4.78 is 0. The number of thiazole rings is 1. The number of likely N-dealkylation sites (tertiary alicyclic amines) is 1. The molecule has 0 radical (unpaired) electrons. The molecule has 1 aromatic carbocycles. The summed E-state index contributed by atoms with van der Waals surface area (Å²) in [5.41, 5.74) is 1.80. The number of rotatable bonds is 4. The van der Waals surface area contributed by atoms with E-state index in [4.69, 9.17) is 5.41 Å². The van der Waals surface area contributed by atoms with Crippen molar-refractivity contribution in [3.8, 4) is 10.6 Å². The summed E-state index contributed by atoms with van der Waals surface area (Å²) in [4.78, 5) is 18.4. The lowest BCUT2D eigenvalue weighted by Crippen LogP contribution is -2.36. The number of allylic oxidation sites excluding steroid dienone is 2. The van der Waals surface area contributed by atoms with Crippen LogP contribution in [0.2, 0.25) is 0 Å². The molecule has 0 unspecified atom stereocenters. The molecular weight excluding hydrogens is 322 g/mol. The number of carbonyl (C=O) groups excluding carboxylic acids is 1. The number of benzene rings is 1. The Kier molecular flexibility index (Phi) is 4.34. The van der Waals surface area contributed by atoms with E-state index in [1.54, 1.807) is 24.1 Å². The molecule has 1 fully saturated rings. The largest absolute Gasteiger partial charge is 0.375 e. The summed E-state index contributed by atoms with van der Waals surface area (Å²) in [7, 11) is 1.70. The van der Waals surface area contributed by atoms with Gasteiger partial charge in [0.15, 0.2) is 5.60 Å². The van der Waals surface area contributed by atoms with Gasteiger partial charge in [-0.25, -0.2) is 4.98 Å². The van der Waals surface area contributed by atoms with E-state index in [2.05, 4.69) is 4.98 Å². The molecule has 5 nitrogen and oxygen atoms in total. The maximum atomic E-state index is 12.3. The lowest BCUT2D eigenvalue weighted by molar-refractivity contribution is -0.143. The van der Waals surface area contributed by atoms with Gasteiger partial charge in [0, 0.05) is 37.2 Å². The smallest absolute Gasteiger partial charge is 0.258 e. The molecule has 1 saturated heterocycles. The Morgan fingerprint density at radius 1 is 1.50 bits per heavy atom. The second-order valence-electron chi connectivity index (χ2n) is 5.97. The molecule has 1 aliphatic rings. The van der Waals surface area contributed by atoms with Gasteiger partial charge in [-0.3, -0.25) is 4.79 Å². The molecule has 0 saturated carbocycles. The van der Waals surface area contributed by atoms with Crippen molar-refractivity contribution in [2.75, 3.05) is 13.6 Å². The number of hydrogen-bond donors (Lipinski definition) is 2. The first kappa shape index (κ1) is 16.5. The number of nitrogens with zero attached hydrogens (tertiary/aromatic N) is 2. The predicted molar refractivity (Wildman–Crippen MR) is 96.1 cm³/mol. The summed E-state index contributed by atoms with van der Waals surface area (Å²) in [6, 6.07) is 7.40. The number of nitrogens with one attached hydrogen (secondary N) is 1. The molecule has 0 bridgehead atoms. The lowest BCUT2D eigenvalue weighted by Gasteiger charge is -2.21. The molecule has 1 amide bonds. The van der Waals surface area contributed by atoms with Crippen LogP contribution in [-0.2, 0) is 10.4 Å². The first-order valence-corrected chi connectivity index (χ1v) is 8.56. The van der Waals surface area contributed by atoms with Crippen molar-refractivity contribution in [1.29, 1.82) is 5.41 Å². The number of aromatic nitrogens is 1. The highest BCUT2D eigenvalue weighted by atomic mass is 32.1. The maximum Gasteiger partial charge on any atom is 0.258 e. The number of hydrogen-bond acceptors (Lipinski definition) is 5. The topological polar surface area (TPSA) is 77.3 Å². The highest BCUT2D eigenvalue weighted by Crippen LogP contribution is 2.35. The van der Waals surface area contributed by atoms with Gasteiger partial charge in [-0.15, -0.1) is 11.3 Å². The lowest BCUT2D eigenvalue weighted by atomic mass is 9.91. The van der Waals surface area contributed by atoms with Crippen LogP contribution in [0.25, 0.3) is 16.1 Å². The van der Waals surface area contributed by atoms with Gasteiger partial charge < -0.3 is 15.4 Å². The third kappa shape index (κ3) is 2.79. The summed E-state index contributed by atoms with van der Waals surface area (Å²) >= 11 is 1.50. The normalized spacial score (nSPS) is 21.4. The SMILES string of the molecule is C/C(=C\C=N)c1csc(-c2cccc([C@]3(O)CCN(C)C3=O)c2)n1. The van der Waals surface area contributed by atoms with Crippen LogP contribution in [0.5, 0.6) is 0 Å². The summed E-state index contributed by atoms with van der Waals surface area (Å²) in [5, 5.41) is 20.7. The van der Waals surface area contributed by atoms with Crippen molar-refractivity contribution < 1.29 is 9.90 Å². The van der Waals surface area contributed by atoms with Crippen LogP contribution >= 0.6 is 11.3 Å². The van der Waals surface area contributed by atoms with Crippen molar-refractivity contribution in [2.24, 2.45) is 0 Å². The summed E-state index contributed by atoms with van der Waals surface area (Å²) in [5.74, 6) is -0.260. The molecule has 6 heteroatoms. The minimum atomic E-state index is -1.44. The van der Waals surface area contributed by atoms with E-state index in [0.717, 1.165) is 21.8 Å². The van der Waals surface area contributed by atoms with Gasteiger partial charge >= 0.3 is 0 Å². The van der Waals surface area contributed by atoms with Crippen LogP contribution in [0.3, 0.4) is 0 Å². The van der Waals surface area contributed by atoms with Crippen LogP contribution in [0.15, 0.2) is 35.7 Å². The molecule has 2 N–H and O–H groups in total. The van der Waals surface area contributed by atoms with Gasteiger partial charge in [0.25, 0.3) is 5.91 Å².